The normalized spacial score (nSPS) is 25.8. The zero-order valence-corrected chi connectivity index (χ0v) is 21.8. The number of para-hydroxylation sites is 1. The molecule has 37 heavy (non-hydrogen) atoms. The highest BCUT2D eigenvalue weighted by atomic mass is 32.1. The number of alkyl halides is 3. The lowest BCUT2D eigenvalue weighted by Gasteiger charge is -2.26. The van der Waals surface area contributed by atoms with Crippen LogP contribution in [0.3, 0.4) is 0 Å². The number of anilines is 2. The summed E-state index contributed by atoms with van der Waals surface area (Å²) >= 11 is 1.46. The van der Waals surface area contributed by atoms with E-state index in [4.69, 9.17) is 14.5 Å². The molecule has 2 aromatic heterocycles. The predicted molar refractivity (Wildman–Crippen MR) is 136 cm³/mol. The summed E-state index contributed by atoms with van der Waals surface area (Å²) < 4.78 is 52.1. The van der Waals surface area contributed by atoms with E-state index in [1.54, 1.807) is 6.92 Å². The quantitative estimate of drug-likeness (QED) is 0.382. The van der Waals surface area contributed by atoms with Crippen LogP contribution in [-0.4, -0.2) is 62.9 Å². The molecule has 1 aliphatic heterocycles. The van der Waals surface area contributed by atoms with Gasteiger partial charge in [-0.3, -0.25) is 0 Å². The molecule has 0 amide bonds. The highest BCUT2D eigenvalue weighted by molar-refractivity contribution is 7.21. The van der Waals surface area contributed by atoms with Gasteiger partial charge in [-0.2, -0.15) is 18.2 Å². The van der Waals surface area contributed by atoms with Crippen LogP contribution >= 0.6 is 11.3 Å². The van der Waals surface area contributed by atoms with Crippen LogP contribution in [0.15, 0.2) is 24.3 Å². The van der Waals surface area contributed by atoms with Gasteiger partial charge in [0.25, 0.3) is 0 Å². The van der Waals surface area contributed by atoms with Gasteiger partial charge in [0.2, 0.25) is 5.95 Å². The van der Waals surface area contributed by atoms with E-state index in [1.165, 1.54) is 11.3 Å². The lowest BCUT2D eigenvalue weighted by atomic mass is 9.96. The maximum atomic E-state index is 12.9. The molecule has 0 bridgehead atoms. The average molecular weight is 538 g/mol. The molecule has 2 fully saturated rings. The van der Waals surface area contributed by atoms with E-state index in [2.05, 4.69) is 20.6 Å². The Hall–Kier alpha value is -2.54. The second-order valence-corrected chi connectivity index (χ2v) is 11.0. The molecular weight excluding hydrogens is 507 g/mol. The second-order valence-electron chi connectivity index (χ2n) is 10.0. The Morgan fingerprint density at radius 1 is 1.16 bits per heavy atom. The Kier molecular flexibility index (Phi) is 6.80. The number of aliphatic hydroxyl groups excluding tert-OH is 1. The maximum absolute atomic E-state index is 12.9. The highest BCUT2D eigenvalue weighted by Gasteiger charge is 2.55. The molecule has 3 heterocycles. The SMILES string of the molecule is CCC(O)C1C[C@@H](Nc2nc(NCC(F)(F)F)nc(C)c2-c2nc3ccccc3s2)[C@@H]2OC(C)(C)O[C@H]12. The summed E-state index contributed by atoms with van der Waals surface area (Å²) in [6.07, 6.45) is -4.56. The fraction of sp³-hybridized carbons (Fsp3) is 0.560. The van der Waals surface area contributed by atoms with Crippen LogP contribution in [0.2, 0.25) is 0 Å². The number of halogens is 3. The molecule has 5 atom stereocenters. The van der Waals surface area contributed by atoms with E-state index < -0.39 is 24.6 Å². The summed E-state index contributed by atoms with van der Waals surface area (Å²) in [5.74, 6) is -0.755. The summed E-state index contributed by atoms with van der Waals surface area (Å²) in [4.78, 5) is 13.5. The average Bonchev–Trinajstić information content (AvgIpc) is 3.47. The Morgan fingerprint density at radius 3 is 2.59 bits per heavy atom. The molecule has 1 saturated carbocycles. The van der Waals surface area contributed by atoms with Crippen molar-refractivity contribution in [1.29, 1.82) is 0 Å². The smallest absolute Gasteiger partial charge is 0.393 e. The van der Waals surface area contributed by atoms with Gasteiger partial charge in [-0.05, 0) is 45.7 Å². The highest BCUT2D eigenvalue weighted by Crippen LogP contribution is 2.45. The first-order chi connectivity index (χ1) is 17.4. The molecule has 1 aliphatic carbocycles. The second kappa shape index (κ2) is 9.64. The van der Waals surface area contributed by atoms with Gasteiger partial charge in [-0.25, -0.2) is 9.97 Å². The zero-order valence-electron chi connectivity index (χ0n) is 21.0. The van der Waals surface area contributed by atoms with Gasteiger partial charge in [-0.1, -0.05) is 19.1 Å². The molecule has 0 radical (unpaired) electrons. The Morgan fingerprint density at radius 2 is 1.89 bits per heavy atom. The van der Waals surface area contributed by atoms with Crippen molar-refractivity contribution in [2.45, 2.75) is 76.9 Å². The number of hydrogen-bond donors (Lipinski definition) is 3. The number of thiazole rings is 1. The van der Waals surface area contributed by atoms with Crippen molar-refractivity contribution in [3.8, 4) is 10.6 Å². The first-order valence-corrected chi connectivity index (χ1v) is 13.1. The molecule has 2 unspecified atom stereocenters. The summed E-state index contributed by atoms with van der Waals surface area (Å²) in [5, 5.41) is 17.1. The van der Waals surface area contributed by atoms with Crippen LogP contribution in [0.25, 0.3) is 20.8 Å². The molecule has 3 N–H and O–H groups in total. The molecule has 12 heteroatoms. The molecule has 5 rings (SSSR count). The fourth-order valence-electron chi connectivity index (χ4n) is 5.19. The van der Waals surface area contributed by atoms with Crippen molar-refractivity contribution in [1.82, 2.24) is 15.0 Å². The number of fused-ring (bicyclic) bond motifs is 2. The van der Waals surface area contributed by atoms with Crippen LogP contribution in [0.5, 0.6) is 0 Å². The number of aromatic nitrogens is 3. The van der Waals surface area contributed by atoms with E-state index in [1.807, 2.05) is 45.0 Å². The van der Waals surface area contributed by atoms with Gasteiger partial charge in [0.1, 0.15) is 23.5 Å². The molecule has 3 aromatic rings. The third-order valence-corrected chi connectivity index (χ3v) is 7.84. The number of aryl methyl sites for hydroxylation is 1. The van der Waals surface area contributed by atoms with E-state index in [0.29, 0.717) is 34.9 Å². The Balaban J connectivity index is 1.54. The first kappa shape index (κ1) is 26.1. The molecule has 200 valence electrons. The molecular formula is C25H30F3N5O3S. The van der Waals surface area contributed by atoms with Crippen molar-refractivity contribution < 1.29 is 27.8 Å². The van der Waals surface area contributed by atoms with Crippen molar-refractivity contribution in [3.05, 3.63) is 30.0 Å². The van der Waals surface area contributed by atoms with Crippen LogP contribution in [-0.2, 0) is 9.47 Å². The van der Waals surface area contributed by atoms with Gasteiger partial charge < -0.3 is 25.2 Å². The van der Waals surface area contributed by atoms with Crippen molar-refractivity contribution in [3.63, 3.8) is 0 Å². The van der Waals surface area contributed by atoms with E-state index >= 15 is 0 Å². The summed E-state index contributed by atoms with van der Waals surface area (Å²) in [6.45, 7) is 6.05. The zero-order chi connectivity index (χ0) is 26.5. The third-order valence-electron chi connectivity index (χ3n) is 6.79. The Bertz CT molecular complexity index is 1250. The van der Waals surface area contributed by atoms with E-state index in [9.17, 15) is 18.3 Å². The largest absolute Gasteiger partial charge is 0.405 e. The van der Waals surface area contributed by atoms with Gasteiger partial charge in [0, 0.05) is 5.92 Å². The lowest BCUT2D eigenvalue weighted by molar-refractivity contribution is -0.161. The van der Waals surface area contributed by atoms with Crippen LogP contribution in [0.1, 0.15) is 39.3 Å². The summed E-state index contributed by atoms with van der Waals surface area (Å²) in [7, 11) is 0. The Labute approximate surface area is 216 Å². The molecule has 2 aliphatic rings. The minimum Gasteiger partial charge on any atom is -0.393 e. The van der Waals surface area contributed by atoms with E-state index in [-0.39, 0.29) is 30.1 Å². The molecule has 1 aromatic carbocycles. The topological polar surface area (TPSA) is 101 Å². The van der Waals surface area contributed by atoms with Crippen LogP contribution in [0, 0.1) is 12.8 Å². The first-order valence-electron chi connectivity index (χ1n) is 12.3. The van der Waals surface area contributed by atoms with Crippen LogP contribution in [0.4, 0.5) is 24.9 Å². The number of nitrogens with one attached hydrogen (secondary N) is 2. The molecule has 0 spiro atoms. The monoisotopic (exact) mass is 537 g/mol. The van der Waals surface area contributed by atoms with Gasteiger partial charge >= 0.3 is 6.18 Å². The van der Waals surface area contributed by atoms with Crippen molar-refractivity contribution in [2.24, 2.45) is 5.92 Å². The van der Waals surface area contributed by atoms with E-state index in [0.717, 1.165) is 10.2 Å². The fourth-order valence-corrected chi connectivity index (χ4v) is 6.25. The van der Waals surface area contributed by atoms with Crippen molar-refractivity contribution >= 4 is 33.3 Å². The lowest BCUT2D eigenvalue weighted by Crippen LogP contribution is -2.35. The number of nitrogens with zero attached hydrogens (tertiary/aromatic N) is 3. The predicted octanol–water partition coefficient (Wildman–Crippen LogP) is 5.13. The number of hydrogen-bond acceptors (Lipinski definition) is 9. The van der Waals surface area contributed by atoms with Gasteiger partial charge in [0.15, 0.2) is 5.79 Å². The van der Waals surface area contributed by atoms with Gasteiger partial charge in [-0.15, -0.1) is 11.3 Å². The maximum Gasteiger partial charge on any atom is 0.405 e. The number of aliphatic hydroxyl groups is 1. The van der Waals surface area contributed by atoms with Crippen LogP contribution < -0.4 is 10.6 Å². The minimum atomic E-state index is -4.42. The third kappa shape index (κ3) is 5.38. The molecule has 1 saturated heterocycles. The number of benzene rings is 1. The summed E-state index contributed by atoms with van der Waals surface area (Å²) in [6, 6.07) is 7.39. The number of ether oxygens (including phenoxy) is 2. The minimum absolute atomic E-state index is 0.134. The van der Waals surface area contributed by atoms with Crippen molar-refractivity contribution in [2.75, 3.05) is 17.2 Å². The molecule has 8 nitrogen and oxygen atoms in total. The van der Waals surface area contributed by atoms with Gasteiger partial charge in [0.05, 0.1) is 39.7 Å². The number of rotatable bonds is 7. The summed E-state index contributed by atoms with van der Waals surface area (Å²) in [5.41, 5.74) is 1.92. The standard InChI is InChI=1S/C25H30F3N5O3S/c1-5-16(34)13-10-15(20-19(13)35-24(3,4)36-20)31-21-18(22-32-14-8-6-7-9-17(14)37-22)12(2)30-23(33-21)29-11-25(26,27)28/h6-9,13,15-16,19-20,34H,5,10-11H2,1-4H3,(H2,29,30,31,33)/t13?,15-,16?,19-,20+/m1/s1.